The summed E-state index contributed by atoms with van der Waals surface area (Å²) in [5, 5.41) is 8.07. The SMILES string of the molecule is Cc1nn(Cc2ccccc2)c(Cl)c1C(=O)NC1CCN(Cc2ccccc2)CC1. The number of hydrogen-bond acceptors (Lipinski definition) is 3. The number of benzene rings is 2. The Morgan fingerprint density at radius 3 is 2.17 bits per heavy atom. The van der Waals surface area contributed by atoms with Crippen LogP contribution in [-0.4, -0.2) is 39.7 Å². The number of carbonyl (C=O) groups excluding carboxylic acids is 1. The van der Waals surface area contributed by atoms with Gasteiger partial charge in [-0.25, -0.2) is 4.68 Å². The highest BCUT2D eigenvalue weighted by molar-refractivity contribution is 6.33. The van der Waals surface area contributed by atoms with E-state index in [1.165, 1.54) is 5.56 Å². The Bertz CT molecular complexity index is 979. The highest BCUT2D eigenvalue weighted by Gasteiger charge is 2.25. The highest BCUT2D eigenvalue weighted by Crippen LogP contribution is 2.22. The average molecular weight is 423 g/mol. The molecule has 1 amide bonds. The van der Waals surface area contributed by atoms with Gasteiger partial charge in [0, 0.05) is 25.7 Å². The van der Waals surface area contributed by atoms with E-state index in [-0.39, 0.29) is 11.9 Å². The van der Waals surface area contributed by atoms with Gasteiger partial charge in [-0.15, -0.1) is 0 Å². The fourth-order valence-corrected chi connectivity index (χ4v) is 4.33. The lowest BCUT2D eigenvalue weighted by Crippen LogP contribution is -2.44. The highest BCUT2D eigenvalue weighted by atomic mass is 35.5. The molecule has 5 nitrogen and oxygen atoms in total. The van der Waals surface area contributed by atoms with E-state index in [0.717, 1.165) is 38.0 Å². The normalized spacial score (nSPS) is 15.3. The van der Waals surface area contributed by atoms with E-state index in [1.54, 1.807) is 4.68 Å². The molecule has 3 aromatic rings. The van der Waals surface area contributed by atoms with E-state index in [0.29, 0.717) is 23.0 Å². The summed E-state index contributed by atoms with van der Waals surface area (Å²) < 4.78 is 1.70. The van der Waals surface area contributed by atoms with Crippen molar-refractivity contribution < 1.29 is 4.79 Å². The molecule has 30 heavy (non-hydrogen) atoms. The largest absolute Gasteiger partial charge is 0.349 e. The van der Waals surface area contributed by atoms with Crippen LogP contribution >= 0.6 is 11.6 Å². The van der Waals surface area contributed by atoms with Crippen molar-refractivity contribution in [1.82, 2.24) is 20.0 Å². The molecule has 6 heteroatoms. The van der Waals surface area contributed by atoms with Crippen LogP contribution in [0.1, 0.15) is 40.0 Å². The number of likely N-dealkylation sites (tertiary alicyclic amines) is 1. The molecule has 1 N–H and O–H groups in total. The van der Waals surface area contributed by atoms with Gasteiger partial charge in [0.2, 0.25) is 0 Å². The molecule has 0 radical (unpaired) electrons. The third kappa shape index (κ3) is 4.91. The zero-order valence-corrected chi connectivity index (χ0v) is 18.0. The molecule has 1 aliphatic heterocycles. The van der Waals surface area contributed by atoms with Crippen molar-refractivity contribution in [3.63, 3.8) is 0 Å². The van der Waals surface area contributed by atoms with Crippen molar-refractivity contribution in [3.05, 3.63) is 88.2 Å². The van der Waals surface area contributed by atoms with Crippen LogP contribution in [0.2, 0.25) is 5.15 Å². The van der Waals surface area contributed by atoms with Gasteiger partial charge in [-0.05, 0) is 30.9 Å². The predicted octanol–water partition coefficient (Wildman–Crippen LogP) is 4.29. The van der Waals surface area contributed by atoms with Crippen LogP contribution in [0.4, 0.5) is 0 Å². The van der Waals surface area contributed by atoms with E-state index >= 15 is 0 Å². The summed E-state index contributed by atoms with van der Waals surface area (Å²) in [6, 6.07) is 20.7. The van der Waals surface area contributed by atoms with E-state index < -0.39 is 0 Å². The van der Waals surface area contributed by atoms with Crippen LogP contribution in [0.25, 0.3) is 0 Å². The average Bonchev–Trinajstić information content (AvgIpc) is 3.04. The van der Waals surface area contributed by atoms with E-state index in [4.69, 9.17) is 11.6 Å². The van der Waals surface area contributed by atoms with E-state index in [1.807, 2.05) is 43.3 Å². The molecule has 0 saturated carbocycles. The molecule has 0 unspecified atom stereocenters. The number of piperidine rings is 1. The van der Waals surface area contributed by atoms with Crippen molar-refractivity contribution in [3.8, 4) is 0 Å². The molecular formula is C24H27ClN4O. The summed E-state index contributed by atoms with van der Waals surface area (Å²) in [4.78, 5) is 15.4. The zero-order valence-electron chi connectivity index (χ0n) is 17.2. The molecule has 0 aliphatic carbocycles. The predicted molar refractivity (Wildman–Crippen MR) is 120 cm³/mol. The minimum Gasteiger partial charge on any atom is -0.349 e. The molecule has 4 rings (SSSR count). The molecule has 0 atom stereocenters. The monoisotopic (exact) mass is 422 g/mol. The second-order valence-electron chi connectivity index (χ2n) is 7.90. The Balaban J connectivity index is 1.34. The van der Waals surface area contributed by atoms with Gasteiger partial charge in [0.05, 0.1) is 17.8 Å². The molecule has 1 saturated heterocycles. The summed E-state index contributed by atoms with van der Waals surface area (Å²) in [6.45, 7) is 5.29. The van der Waals surface area contributed by atoms with Gasteiger partial charge in [-0.3, -0.25) is 9.69 Å². The smallest absolute Gasteiger partial charge is 0.256 e. The Morgan fingerprint density at radius 2 is 1.57 bits per heavy atom. The summed E-state index contributed by atoms with van der Waals surface area (Å²) in [5.74, 6) is -0.127. The van der Waals surface area contributed by atoms with Gasteiger partial charge < -0.3 is 5.32 Å². The Morgan fingerprint density at radius 1 is 1.00 bits per heavy atom. The van der Waals surface area contributed by atoms with Crippen LogP contribution in [0.5, 0.6) is 0 Å². The van der Waals surface area contributed by atoms with Gasteiger partial charge in [0.25, 0.3) is 5.91 Å². The molecule has 2 aromatic carbocycles. The van der Waals surface area contributed by atoms with Crippen molar-refractivity contribution in [2.45, 2.75) is 38.9 Å². The van der Waals surface area contributed by atoms with Crippen molar-refractivity contribution in [1.29, 1.82) is 0 Å². The fraction of sp³-hybridized carbons (Fsp3) is 0.333. The summed E-state index contributed by atoms with van der Waals surface area (Å²) in [7, 11) is 0. The minimum absolute atomic E-state index is 0.127. The van der Waals surface area contributed by atoms with Crippen molar-refractivity contribution in [2.24, 2.45) is 0 Å². The van der Waals surface area contributed by atoms with Gasteiger partial charge in [0.1, 0.15) is 5.15 Å². The fourth-order valence-electron chi connectivity index (χ4n) is 4.01. The first-order chi connectivity index (χ1) is 14.6. The maximum Gasteiger partial charge on any atom is 0.256 e. The molecular weight excluding hydrogens is 396 g/mol. The second kappa shape index (κ2) is 9.45. The molecule has 0 bridgehead atoms. The van der Waals surface area contributed by atoms with Gasteiger partial charge in [-0.2, -0.15) is 5.10 Å². The van der Waals surface area contributed by atoms with Crippen LogP contribution in [0, 0.1) is 6.92 Å². The number of aryl methyl sites for hydroxylation is 1. The zero-order chi connectivity index (χ0) is 20.9. The number of nitrogens with one attached hydrogen (secondary N) is 1. The molecule has 156 valence electrons. The number of amides is 1. The number of aromatic nitrogens is 2. The Hall–Kier alpha value is -2.63. The van der Waals surface area contributed by atoms with Crippen molar-refractivity contribution >= 4 is 17.5 Å². The van der Waals surface area contributed by atoms with Crippen LogP contribution < -0.4 is 5.32 Å². The number of halogens is 1. The minimum atomic E-state index is -0.127. The van der Waals surface area contributed by atoms with Gasteiger partial charge >= 0.3 is 0 Å². The van der Waals surface area contributed by atoms with Crippen molar-refractivity contribution in [2.75, 3.05) is 13.1 Å². The third-order valence-corrected chi connectivity index (χ3v) is 6.02. The third-order valence-electron chi connectivity index (χ3n) is 5.64. The standard InChI is InChI=1S/C24H27ClN4O/c1-18-22(23(25)29(27-18)17-20-10-6-3-7-11-20)24(30)26-21-12-14-28(15-13-21)16-19-8-4-2-5-9-19/h2-11,21H,12-17H2,1H3,(H,26,30). The van der Waals surface area contributed by atoms with E-state index in [9.17, 15) is 4.79 Å². The topological polar surface area (TPSA) is 50.2 Å². The first-order valence-corrected chi connectivity index (χ1v) is 10.8. The number of carbonyl (C=O) groups is 1. The summed E-state index contributed by atoms with van der Waals surface area (Å²) >= 11 is 6.54. The van der Waals surface area contributed by atoms with Gasteiger partial charge in [0.15, 0.2) is 0 Å². The Kier molecular flexibility index (Phi) is 6.50. The Labute approximate surface area is 182 Å². The molecule has 1 fully saturated rings. The molecule has 2 heterocycles. The van der Waals surface area contributed by atoms with Crippen LogP contribution in [0.3, 0.4) is 0 Å². The lowest BCUT2D eigenvalue weighted by atomic mass is 10.0. The van der Waals surface area contributed by atoms with E-state index in [2.05, 4.69) is 39.6 Å². The quantitative estimate of drug-likeness (QED) is 0.644. The lowest BCUT2D eigenvalue weighted by Gasteiger charge is -2.32. The number of nitrogens with zero attached hydrogens (tertiary/aromatic N) is 3. The first kappa shape index (κ1) is 20.6. The van der Waals surface area contributed by atoms with Gasteiger partial charge in [-0.1, -0.05) is 72.3 Å². The first-order valence-electron chi connectivity index (χ1n) is 10.4. The summed E-state index contributed by atoms with van der Waals surface area (Å²) in [5.41, 5.74) is 3.57. The summed E-state index contributed by atoms with van der Waals surface area (Å²) in [6.07, 6.45) is 1.88. The number of rotatable bonds is 6. The maximum atomic E-state index is 12.9. The molecule has 1 aromatic heterocycles. The lowest BCUT2D eigenvalue weighted by molar-refractivity contribution is 0.0908. The number of hydrogen-bond donors (Lipinski definition) is 1. The van der Waals surface area contributed by atoms with Crippen LogP contribution in [0.15, 0.2) is 60.7 Å². The second-order valence-corrected chi connectivity index (χ2v) is 8.26. The molecule has 1 aliphatic rings. The maximum absolute atomic E-state index is 12.9. The van der Waals surface area contributed by atoms with Crippen LogP contribution in [-0.2, 0) is 13.1 Å². The molecule has 0 spiro atoms.